The third-order valence-electron chi connectivity index (χ3n) is 5.98. The molecule has 1 aliphatic carbocycles. The minimum Gasteiger partial charge on any atom is -0.481 e. The minimum absolute atomic E-state index is 0.113. The number of nitrogens with zero attached hydrogens (tertiary/aromatic N) is 2. The number of anilines is 1. The number of carboxylic acid groups (broad SMARTS) is 1. The van der Waals surface area contributed by atoms with Gasteiger partial charge >= 0.3 is 5.97 Å². The van der Waals surface area contributed by atoms with Crippen molar-refractivity contribution in [2.24, 2.45) is 10.9 Å². The number of aliphatic imine (C=N–C) groups is 1. The number of fused-ring (bicyclic) bond motifs is 1. The van der Waals surface area contributed by atoms with Crippen molar-refractivity contribution in [2.75, 3.05) is 11.4 Å². The van der Waals surface area contributed by atoms with Gasteiger partial charge < -0.3 is 10.0 Å². The molecule has 1 unspecified atom stereocenters. The van der Waals surface area contributed by atoms with Crippen LogP contribution in [-0.2, 0) is 9.59 Å². The molecule has 1 amide bonds. The van der Waals surface area contributed by atoms with Crippen LogP contribution in [0.3, 0.4) is 0 Å². The second-order valence-electron chi connectivity index (χ2n) is 7.98. The highest BCUT2D eigenvalue weighted by Gasteiger charge is 2.37. The Morgan fingerprint density at radius 1 is 1.10 bits per heavy atom. The predicted molar refractivity (Wildman–Crippen MR) is 119 cm³/mol. The summed E-state index contributed by atoms with van der Waals surface area (Å²) in [4.78, 5) is 31.6. The summed E-state index contributed by atoms with van der Waals surface area (Å²) >= 11 is 6.33. The summed E-state index contributed by atoms with van der Waals surface area (Å²) < 4.78 is 0. The van der Waals surface area contributed by atoms with Crippen LogP contribution in [0.1, 0.15) is 49.7 Å². The molecule has 6 heteroatoms. The number of hydrogen-bond donors (Lipinski definition) is 1. The number of carboxylic acids is 1. The molecule has 0 aromatic heterocycles. The molecule has 1 heterocycles. The second-order valence-corrected chi connectivity index (χ2v) is 8.42. The van der Waals surface area contributed by atoms with Crippen molar-refractivity contribution >= 4 is 34.9 Å². The largest absolute Gasteiger partial charge is 0.481 e. The first-order valence-electron chi connectivity index (χ1n) is 10.5. The van der Waals surface area contributed by atoms with Crippen molar-refractivity contribution in [1.82, 2.24) is 0 Å². The molecule has 0 saturated heterocycles. The zero-order valence-electron chi connectivity index (χ0n) is 16.8. The van der Waals surface area contributed by atoms with Crippen molar-refractivity contribution in [1.29, 1.82) is 0 Å². The first-order valence-corrected chi connectivity index (χ1v) is 10.9. The SMILES string of the molecule is O=C(O)CCN1C(=O)C(C2CCCCC2)N=C(c2ccccc2)c2cc(Cl)ccc21. The van der Waals surface area contributed by atoms with Crippen LogP contribution in [-0.4, -0.2) is 35.3 Å². The third-order valence-corrected chi connectivity index (χ3v) is 6.22. The Morgan fingerprint density at radius 2 is 1.83 bits per heavy atom. The highest BCUT2D eigenvalue weighted by Crippen LogP contribution is 2.36. The van der Waals surface area contributed by atoms with E-state index in [9.17, 15) is 14.7 Å². The van der Waals surface area contributed by atoms with E-state index >= 15 is 0 Å². The van der Waals surface area contributed by atoms with Gasteiger partial charge in [0.05, 0.1) is 17.8 Å². The number of benzodiazepines with no additional fused rings is 1. The lowest BCUT2D eigenvalue weighted by atomic mass is 9.83. The highest BCUT2D eigenvalue weighted by atomic mass is 35.5. The summed E-state index contributed by atoms with van der Waals surface area (Å²) in [6.07, 6.45) is 5.19. The van der Waals surface area contributed by atoms with E-state index in [1.165, 1.54) is 6.42 Å². The normalized spacial score (nSPS) is 19.8. The van der Waals surface area contributed by atoms with Crippen LogP contribution in [0.5, 0.6) is 0 Å². The van der Waals surface area contributed by atoms with Crippen LogP contribution in [0.25, 0.3) is 0 Å². The van der Waals surface area contributed by atoms with Gasteiger partial charge in [-0.3, -0.25) is 14.6 Å². The fraction of sp³-hybridized carbons (Fsp3) is 0.375. The molecule has 1 atom stereocenters. The maximum absolute atomic E-state index is 13.7. The van der Waals surface area contributed by atoms with Gasteiger partial charge in [-0.1, -0.05) is 61.2 Å². The average Bonchev–Trinajstić information content (AvgIpc) is 2.87. The van der Waals surface area contributed by atoms with Gasteiger partial charge in [-0.25, -0.2) is 0 Å². The van der Waals surface area contributed by atoms with Crippen LogP contribution in [0.15, 0.2) is 53.5 Å². The number of benzene rings is 2. The Kier molecular flexibility index (Phi) is 6.18. The Bertz CT molecular complexity index is 968. The van der Waals surface area contributed by atoms with Crippen molar-refractivity contribution < 1.29 is 14.7 Å². The lowest BCUT2D eigenvalue weighted by Gasteiger charge is -2.30. The molecular formula is C24H25ClN2O3. The molecule has 4 rings (SSSR count). The number of halogens is 1. The van der Waals surface area contributed by atoms with Crippen molar-refractivity contribution in [2.45, 2.75) is 44.6 Å². The maximum Gasteiger partial charge on any atom is 0.305 e. The first-order chi connectivity index (χ1) is 14.5. The van der Waals surface area contributed by atoms with E-state index in [2.05, 4.69) is 0 Å². The molecule has 1 saturated carbocycles. The number of amides is 1. The number of carbonyl (C=O) groups is 2. The average molecular weight is 425 g/mol. The Labute approximate surface area is 181 Å². The van der Waals surface area contributed by atoms with Crippen LogP contribution < -0.4 is 4.90 Å². The fourth-order valence-electron chi connectivity index (χ4n) is 4.50. The summed E-state index contributed by atoms with van der Waals surface area (Å²) in [6, 6.07) is 14.7. The topological polar surface area (TPSA) is 70.0 Å². The minimum atomic E-state index is -0.930. The Morgan fingerprint density at radius 3 is 2.53 bits per heavy atom. The van der Waals surface area contributed by atoms with Crippen LogP contribution in [0.2, 0.25) is 5.02 Å². The lowest BCUT2D eigenvalue weighted by Crippen LogP contribution is -2.43. The highest BCUT2D eigenvalue weighted by molar-refractivity contribution is 6.32. The van der Waals surface area contributed by atoms with Gasteiger partial charge in [-0.15, -0.1) is 0 Å². The molecule has 0 bridgehead atoms. The zero-order valence-corrected chi connectivity index (χ0v) is 17.5. The van der Waals surface area contributed by atoms with Gasteiger partial charge in [0, 0.05) is 22.7 Å². The standard InChI is InChI=1S/C24H25ClN2O3/c25-18-11-12-20-19(15-18)22(16-7-3-1-4-8-16)26-23(17-9-5-2-6-10-17)24(30)27(20)14-13-21(28)29/h1,3-4,7-8,11-12,15,17,23H,2,5-6,9-10,13-14H2,(H,28,29). The van der Waals surface area contributed by atoms with Gasteiger partial charge in [-0.2, -0.15) is 0 Å². The molecule has 0 spiro atoms. The van der Waals surface area contributed by atoms with E-state index < -0.39 is 12.0 Å². The van der Waals surface area contributed by atoms with Crippen molar-refractivity contribution in [3.8, 4) is 0 Å². The number of hydrogen-bond acceptors (Lipinski definition) is 3. The molecule has 1 N–H and O–H groups in total. The fourth-order valence-corrected chi connectivity index (χ4v) is 4.67. The summed E-state index contributed by atoms with van der Waals surface area (Å²) in [6.45, 7) is 0.115. The predicted octanol–water partition coefficient (Wildman–Crippen LogP) is 4.95. The van der Waals surface area contributed by atoms with Crippen LogP contribution in [0.4, 0.5) is 5.69 Å². The second kappa shape index (κ2) is 9.00. The first kappa shape index (κ1) is 20.6. The maximum atomic E-state index is 13.7. The van der Waals surface area contributed by atoms with E-state index in [1.807, 2.05) is 36.4 Å². The van der Waals surface area contributed by atoms with Gasteiger partial charge in [0.25, 0.3) is 5.91 Å². The van der Waals surface area contributed by atoms with E-state index in [0.717, 1.165) is 42.5 Å². The van der Waals surface area contributed by atoms with Gasteiger partial charge in [-0.05, 0) is 37.0 Å². The van der Waals surface area contributed by atoms with E-state index in [0.29, 0.717) is 10.7 Å². The number of rotatable bonds is 5. The quantitative estimate of drug-likeness (QED) is 0.738. The molecule has 30 heavy (non-hydrogen) atoms. The van der Waals surface area contributed by atoms with Crippen molar-refractivity contribution in [3.63, 3.8) is 0 Å². The summed E-state index contributed by atoms with van der Waals surface area (Å²) in [7, 11) is 0. The van der Waals surface area contributed by atoms with Gasteiger partial charge in [0.1, 0.15) is 6.04 Å². The van der Waals surface area contributed by atoms with Crippen LogP contribution in [0, 0.1) is 5.92 Å². The Balaban J connectivity index is 1.87. The number of aliphatic carboxylic acids is 1. The summed E-state index contributed by atoms with van der Waals surface area (Å²) in [5.41, 5.74) is 3.11. The molecular weight excluding hydrogens is 400 g/mol. The molecule has 2 aromatic carbocycles. The summed E-state index contributed by atoms with van der Waals surface area (Å²) in [5.74, 6) is -0.874. The number of carbonyl (C=O) groups excluding carboxylic acids is 1. The van der Waals surface area contributed by atoms with Gasteiger partial charge in [0.15, 0.2) is 0 Å². The molecule has 2 aromatic rings. The summed E-state index contributed by atoms with van der Waals surface area (Å²) in [5, 5.41) is 9.80. The lowest BCUT2D eigenvalue weighted by molar-refractivity contribution is -0.136. The molecule has 5 nitrogen and oxygen atoms in total. The third kappa shape index (κ3) is 4.26. The molecule has 0 radical (unpaired) electrons. The smallest absolute Gasteiger partial charge is 0.305 e. The van der Waals surface area contributed by atoms with E-state index in [1.54, 1.807) is 17.0 Å². The van der Waals surface area contributed by atoms with Crippen LogP contribution >= 0.6 is 11.6 Å². The zero-order chi connectivity index (χ0) is 21.1. The van der Waals surface area contributed by atoms with E-state index in [4.69, 9.17) is 16.6 Å². The van der Waals surface area contributed by atoms with Crippen molar-refractivity contribution in [3.05, 3.63) is 64.7 Å². The van der Waals surface area contributed by atoms with E-state index in [-0.39, 0.29) is 24.8 Å². The molecule has 1 fully saturated rings. The van der Waals surface area contributed by atoms with Gasteiger partial charge in [0.2, 0.25) is 0 Å². The molecule has 1 aliphatic heterocycles. The monoisotopic (exact) mass is 424 g/mol. The Hall–Kier alpha value is -2.66. The molecule has 156 valence electrons. The molecule has 2 aliphatic rings.